The monoisotopic (exact) mass is 576 g/mol. The summed E-state index contributed by atoms with van der Waals surface area (Å²) in [5, 5.41) is 0. The van der Waals surface area contributed by atoms with E-state index in [2.05, 4.69) is 169 Å². The molecule has 0 aliphatic heterocycles. The van der Waals surface area contributed by atoms with Crippen LogP contribution in [0.1, 0.15) is 25.0 Å². The maximum atomic E-state index is 4.00. The van der Waals surface area contributed by atoms with E-state index in [0.29, 0.717) is 0 Å². The van der Waals surface area contributed by atoms with Gasteiger partial charge in [-0.15, -0.1) is 0 Å². The van der Waals surface area contributed by atoms with E-state index in [1.54, 1.807) is 0 Å². The third kappa shape index (κ3) is 4.05. The first-order valence-electron chi connectivity index (χ1n) is 13.8. The zero-order valence-corrected chi connectivity index (χ0v) is 24.2. The van der Waals surface area contributed by atoms with Crippen LogP contribution in [0, 0.1) is 0 Å². The standard InChI is InChI=1S/C39H29Br/c1-39(2)35-23-28(32-19-11-9-17-30(32)26-13-5-3-6-14-26)21-22-34(35)38-36(39)24-29(25-37(38)40)33-20-12-10-18-31(33)27-15-7-4-8-16-27/h3-25H,1-2H3. The zero-order valence-electron chi connectivity index (χ0n) is 22.7. The molecule has 1 aliphatic rings. The number of hydrogen-bond acceptors (Lipinski definition) is 0. The van der Waals surface area contributed by atoms with Crippen LogP contribution in [0.4, 0.5) is 0 Å². The van der Waals surface area contributed by atoms with Crippen molar-refractivity contribution in [2.45, 2.75) is 19.3 Å². The van der Waals surface area contributed by atoms with Crippen LogP contribution in [0.2, 0.25) is 0 Å². The van der Waals surface area contributed by atoms with Crippen LogP contribution in [0.25, 0.3) is 55.6 Å². The molecule has 0 atom stereocenters. The van der Waals surface area contributed by atoms with Crippen LogP contribution in [0.15, 0.2) is 144 Å². The average Bonchev–Trinajstić information content (AvgIpc) is 3.24. The van der Waals surface area contributed by atoms with Crippen LogP contribution in [0.3, 0.4) is 0 Å². The van der Waals surface area contributed by atoms with Crippen LogP contribution in [-0.4, -0.2) is 0 Å². The van der Waals surface area contributed by atoms with Crippen molar-refractivity contribution in [3.8, 4) is 55.6 Å². The molecule has 1 heteroatoms. The van der Waals surface area contributed by atoms with Gasteiger partial charge < -0.3 is 0 Å². The molecule has 0 spiro atoms. The second kappa shape index (κ2) is 9.77. The summed E-state index contributed by atoms with van der Waals surface area (Å²) in [5.74, 6) is 0. The molecule has 6 aromatic rings. The molecule has 0 heterocycles. The second-order valence-corrected chi connectivity index (χ2v) is 11.9. The van der Waals surface area contributed by atoms with E-state index >= 15 is 0 Å². The van der Waals surface area contributed by atoms with Gasteiger partial charge in [0.05, 0.1) is 0 Å². The van der Waals surface area contributed by atoms with Crippen LogP contribution >= 0.6 is 15.9 Å². The summed E-state index contributed by atoms with van der Waals surface area (Å²) in [6.07, 6.45) is 0. The summed E-state index contributed by atoms with van der Waals surface area (Å²) < 4.78 is 1.15. The highest BCUT2D eigenvalue weighted by molar-refractivity contribution is 9.10. The molecule has 0 saturated heterocycles. The van der Waals surface area contributed by atoms with Crippen molar-refractivity contribution in [3.63, 3.8) is 0 Å². The zero-order chi connectivity index (χ0) is 27.3. The van der Waals surface area contributed by atoms with Gasteiger partial charge in [0.2, 0.25) is 0 Å². The Hall–Kier alpha value is -4.20. The molecule has 0 saturated carbocycles. The Bertz CT molecular complexity index is 1860. The summed E-state index contributed by atoms with van der Waals surface area (Å²) in [5.41, 5.74) is 15.2. The van der Waals surface area contributed by atoms with Crippen molar-refractivity contribution in [1.82, 2.24) is 0 Å². The molecule has 0 bridgehead atoms. The van der Waals surface area contributed by atoms with E-state index < -0.39 is 0 Å². The minimum Gasteiger partial charge on any atom is -0.0622 e. The van der Waals surface area contributed by atoms with Crippen molar-refractivity contribution >= 4 is 15.9 Å². The fourth-order valence-electron chi connectivity index (χ4n) is 6.33. The van der Waals surface area contributed by atoms with Gasteiger partial charge in [0, 0.05) is 15.5 Å². The maximum absolute atomic E-state index is 4.00. The third-order valence-electron chi connectivity index (χ3n) is 8.37. The molecule has 0 N–H and O–H groups in total. The molecule has 0 nitrogen and oxygen atoms in total. The summed E-state index contributed by atoms with van der Waals surface area (Å²) in [7, 11) is 0. The molecule has 0 amide bonds. The smallest absolute Gasteiger partial charge is 0.0263 e. The fourth-order valence-corrected chi connectivity index (χ4v) is 7.00. The lowest BCUT2D eigenvalue weighted by Gasteiger charge is -2.23. The first-order valence-corrected chi connectivity index (χ1v) is 14.6. The van der Waals surface area contributed by atoms with E-state index in [9.17, 15) is 0 Å². The molecule has 1 aliphatic carbocycles. The van der Waals surface area contributed by atoms with E-state index in [0.717, 1.165) is 4.47 Å². The number of fused-ring (bicyclic) bond motifs is 3. The molecule has 0 aromatic heterocycles. The Labute approximate surface area is 245 Å². The minimum absolute atomic E-state index is 0.136. The van der Waals surface area contributed by atoms with Gasteiger partial charge in [-0.2, -0.15) is 0 Å². The van der Waals surface area contributed by atoms with Crippen molar-refractivity contribution < 1.29 is 0 Å². The Morgan fingerprint density at radius 1 is 0.400 bits per heavy atom. The van der Waals surface area contributed by atoms with Gasteiger partial charge in [0.25, 0.3) is 0 Å². The highest BCUT2D eigenvalue weighted by atomic mass is 79.9. The summed E-state index contributed by atoms with van der Waals surface area (Å²) in [6, 6.07) is 50.6. The second-order valence-electron chi connectivity index (χ2n) is 11.1. The lowest BCUT2D eigenvalue weighted by molar-refractivity contribution is 0.660. The maximum Gasteiger partial charge on any atom is 0.0263 e. The third-order valence-corrected chi connectivity index (χ3v) is 9.00. The van der Waals surface area contributed by atoms with Gasteiger partial charge in [-0.1, -0.05) is 151 Å². The Kier molecular flexibility index (Phi) is 6.06. The summed E-state index contributed by atoms with van der Waals surface area (Å²) >= 11 is 4.00. The minimum atomic E-state index is -0.136. The van der Waals surface area contributed by atoms with Gasteiger partial charge in [-0.05, 0) is 79.4 Å². The lowest BCUT2D eigenvalue weighted by Crippen LogP contribution is -2.15. The van der Waals surface area contributed by atoms with Gasteiger partial charge in [0.1, 0.15) is 0 Å². The van der Waals surface area contributed by atoms with Crippen molar-refractivity contribution in [2.75, 3.05) is 0 Å². The molecule has 0 unspecified atom stereocenters. The molecule has 7 rings (SSSR count). The average molecular weight is 578 g/mol. The molecule has 192 valence electrons. The lowest BCUT2D eigenvalue weighted by atomic mass is 9.80. The summed E-state index contributed by atoms with van der Waals surface area (Å²) in [6.45, 7) is 4.73. The van der Waals surface area contributed by atoms with Crippen molar-refractivity contribution in [1.29, 1.82) is 0 Å². The number of benzene rings is 6. The largest absolute Gasteiger partial charge is 0.0622 e. The Morgan fingerprint density at radius 3 is 1.40 bits per heavy atom. The van der Waals surface area contributed by atoms with Crippen LogP contribution in [-0.2, 0) is 5.41 Å². The molecular formula is C39H29Br. The highest BCUT2D eigenvalue weighted by Gasteiger charge is 2.37. The first-order chi connectivity index (χ1) is 19.5. The first kappa shape index (κ1) is 24.8. The number of rotatable bonds is 4. The Morgan fingerprint density at radius 2 is 0.850 bits per heavy atom. The van der Waals surface area contributed by atoms with E-state index in [4.69, 9.17) is 0 Å². The van der Waals surface area contributed by atoms with Gasteiger partial charge >= 0.3 is 0 Å². The van der Waals surface area contributed by atoms with E-state index in [1.807, 2.05) is 0 Å². The van der Waals surface area contributed by atoms with Crippen LogP contribution in [0.5, 0.6) is 0 Å². The normalized spacial score (nSPS) is 13.1. The van der Waals surface area contributed by atoms with E-state index in [1.165, 1.54) is 66.8 Å². The molecule has 40 heavy (non-hydrogen) atoms. The number of hydrogen-bond donors (Lipinski definition) is 0. The summed E-state index contributed by atoms with van der Waals surface area (Å²) in [4.78, 5) is 0. The topological polar surface area (TPSA) is 0 Å². The predicted octanol–water partition coefficient (Wildman–Crippen LogP) is 11.4. The van der Waals surface area contributed by atoms with Gasteiger partial charge in [-0.25, -0.2) is 0 Å². The molecule has 6 aromatic carbocycles. The van der Waals surface area contributed by atoms with Gasteiger partial charge in [-0.3, -0.25) is 0 Å². The Balaban J connectivity index is 1.36. The highest BCUT2D eigenvalue weighted by Crippen LogP contribution is 2.54. The number of halogens is 1. The van der Waals surface area contributed by atoms with Crippen molar-refractivity contribution in [3.05, 3.63) is 155 Å². The molecule has 0 radical (unpaired) electrons. The predicted molar refractivity (Wildman–Crippen MR) is 173 cm³/mol. The molecule has 0 fully saturated rings. The van der Waals surface area contributed by atoms with Crippen molar-refractivity contribution in [2.24, 2.45) is 0 Å². The molecular weight excluding hydrogens is 548 g/mol. The van der Waals surface area contributed by atoms with Crippen LogP contribution < -0.4 is 0 Å². The van der Waals surface area contributed by atoms with Gasteiger partial charge in [0.15, 0.2) is 0 Å². The SMILES string of the molecule is CC1(C)c2cc(-c3ccccc3-c3ccccc3)ccc2-c2c(Br)cc(-c3ccccc3-c3ccccc3)cc21. The van der Waals surface area contributed by atoms with E-state index in [-0.39, 0.29) is 5.41 Å². The fraction of sp³-hybridized carbons (Fsp3) is 0.0769. The quantitative estimate of drug-likeness (QED) is 0.196.